The number of nitrogens with one attached hydrogen (secondary N) is 1. The minimum atomic E-state index is 0.735. The van der Waals surface area contributed by atoms with Crippen molar-refractivity contribution in [3.8, 4) is 0 Å². The van der Waals surface area contributed by atoms with Gasteiger partial charge in [-0.2, -0.15) is 0 Å². The van der Waals surface area contributed by atoms with Crippen LogP contribution in [-0.2, 0) is 6.54 Å². The van der Waals surface area contributed by atoms with Gasteiger partial charge in [0.15, 0.2) is 0 Å². The first-order valence-electron chi connectivity index (χ1n) is 7.56. The van der Waals surface area contributed by atoms with E-state index in [0.29, 0.717) is 0 Å². The second kappa shape index (κ2) is 7.80. The highest BCUT2D eigenvalue weighted by Crippen LogP contribution is 2.23. The number of anilines is 1. The van der Waals surface area contributed by atoms with Crippen LogP contribution in [0.3, 0.4) is 0 Å². The normalized spacial score (nSPS) is 17.6. The molecule has 0 amide bonds. The maximum atomic E-state index is 4.29. The second-order valence-electron chi connectivity index (χ2n) is 5.49. The fourth-order valence-electron chi connectivity index (χ4n) is 2.66. The van der Waals surface area contributed by atoms with Gasteiger partial charge in [-0.3, -0.25) is 4.90 Å². The lowest BCUT2D eigenvalue weighted by atomic mass is 10.1. The summed E-state index contributed by atoms with van der Waals surface area (Å²) in [5, 5.41) is 13.9. The quantitative estimate of drug-likeness (QED) is 0.811. The Morgan fingerprint density at radius 3 is 2.63 bits per heavy atom. The Hall–Kier alpha value is -0.680. The van der Waals surface area contributed by atoms with Crippen molar-refractivity contribution in [3.63, 3.8) is 0 Å². The predicted octanol–water partition coefficient (Wildman–Crippen LogP) is 3.51. The number of hydrogen-bond acceptors (Lipinski definition) is 5. The zero-order chi connectivity index (χ0) is 13.5. The molecule has 0 bridgehead atoms. The van der Waals surface area contributed by atoms with Gasteiger partial charge < -0.3 is 5.32 Å². The Kier molecular flexibility index (Phi) is 6.04. The fourth-order valence-corrected chi connectivity index (χ4v) is 3.49. The summed E-state index contributed by atoms with van der Waals surface area (Å²) in [6, 6.07) is 0.735. The van der Waals surface area contributed by atoms with Gasteiger partial charge in [0.1, 0.15) is 5.01 Å². The van der Waals surface area contributed by atoms with E-state index in [2.05, 4.69) is 34.4 Å². The summed E-state index contributed by atoms with van der Waals surface area (Å²) in [4.78, 5) is 2.47. The van der Waals surface area contributed by atoms with Crippen LogP contribution in [0.25, 0.3) is 0 Å². The molecule has 0 unspecified atom stereocenters. The van der Waals surface area contributed by atoms with Gasteiger partial charge >= 0.3 is 0 Å². The molecular formula is C14H26N4S. The van der Waals surface area contributed by atoms with Crippen molar-refractivity contribution in [2.24, 2.45) is 0 Å². The lowest BCUT2D eigenvalue weighted by molar-refractivity contribution is 0.212. The summed E-state index contributed by atoms with van der Waals surface area (Å²) in [5.74, 6) is 0. The monoisotopic (exact) mass is 282 g/mol. The van der Waals surface area contributed by atoms with Crippen LogP contribution in [0.15, 0.2) is 0 Å². The van der Waals surface area contributed by atoms with E-state index in [-0.39, 0.29) is 0 Å². The minimum Gasteiger partial charge on any atom is -0.360 e. The van der Waals surface area contributed by atoms with Crippen molar-refractivity contribution in [2.75, 3.05) is 18.9 Å². The van der Waals surface area contributed by atoms with Crippen molar-refractivity contribution in [1.82, 2.24) is 15.1 Å². The van der Waals surface area contributed by atoms with Crippen LogP contribution in [0.2, 0.25) is 0 Å². The van der Waals surface area contributed by atoms with Crippen molar-refractivity contribution >= 4 is 16.5 Å². The average molecular weight is 282 g/mol. The minimum absolute atomic E-state index is 0.735. The van der Waals surface area contributed by atoms with Crippen LogP contribution in [0.1, 0.15) is 56.9 Å². The van der Waals surface area contributed by atoms with Gasteiger partial charge in [0.2, 0.25) is 5.13 Å². The van der Waals surface area contributed by atoms with Gasteiger partial charge in [-0.25, -0.2) is 0 Å². The Labute approximate surface area is 120 Å². The highest BCUT2D eigenvalue weighted by Gasteiger charge is 2.18. The van der Waals surface area contributed by atoms with E-state index in [1.54, 1.807) is 11.3 Å². The SMILES string of the molecule is CCCNc1nnc(CN(C)C2CCCCCC2)s1. The van der Waals surface area contributed by atoms with Crippen LogP contribution in [-0.4, -0.2) is 34.7 Å². The highest BCUT2D eigenvalue weighted by atomic mass is 32.1. The molecule has 5 heteroatoms. The Morgan fingerprint density at radius 1 is 1.21 bits per heavy atom. The first-order chi connectivity index (χ1) is 9.29. The second-order valence-corrected chi connectivity index (χ2v) is 6.55. The number of rotatable bonds is 6. The zero-order valence-corrected chi connectivity index (χ0v) is 13.0. The summed E-state index contributed by atoms with van der Waals surface area (Å²) in [5.41, 5.74) is 0. The van der Waals surface area contributed by atoms with E-state index in [1.807, 2.05) is 0 Å². The van der Waals surface area contributed by atoms with Gasteiger partial charge in [-0.15, -0.1) is 10.2 Å². The molecule has 1 N–H and O–H groups in total. The molecular weight excluding hydrogens is 256 g/mol. The largest absolute Gasteiger partial charge is 0.360 e. The van der Waals surface area contributed by atoms with Crippen LogP contribution >= 0.6 is 11.3 Å². The summed E-state index contributed by atoms with van der Waals surface area (Å²) >= 11 is 1.70. The molecule has 108 valence electrons. The molecule has 4 nitrogen and oxygen atoms in total. The van der Waals surface area contributed by atoms with Crippen molar-refractivity contribution in [2.45, 2.75) is 64.5 Å². The van der Waals surface area contributed by atoms with Gasteiger partial charge in [0.05, 0.1) is 6.54 Å². The van der Waals surface area contributed by atoms with E-state index < -0.39 is 0 Å². The maximum Gasteiger partial charge on any atom is 0.205 e. The first kappa shape index (κ1) is 14.7. The number of nitrogens with zero attached hydrogens (tertiary/aromatic N) is 3. The van der Waals surface area contributed by atoms with E-state index in [1.165, 1.54) is 38.5 Å². The molecule has 0 spiro atoms. The molecule has 0 saturated heterocycles. The highest BCUT2D eigenvalue weighted by molar-refractivity contribution is 7.15. The molecule has 1 aromatic heterocycles. The zero-order valence-electron chi connectivity index (χ0n) is 12.2. The first-order valence-corrected chi connectivity index (χ1v) is 8.37. The maximum absolute atomic E-state index is 4.29. The van der Waals surface area contributed by atoms with Crippen LogP contribution < -0.4 is 5.32 Å². The summed E-state index contributed by atoms with van der Waals surface area (Å²) in [7, 11) is 2.23. The predicted molar refractivity (Wildman–Crippen MR) is 81.6 cm³/mol. The van der Waals surface area contributed by atoms with E-state index in [0.717, 1.165) is 35.7 Å². The van der Waals surface area contributed by atoms with E-state index >= 15 is 0 Å². The average Bonchev–Trinajstić information content (AvgIpc) is 2.68. The van der Waals surface area contributed by atoms with Crippen LogP contribution in [0.4, 0.5) is 5.13 Å². The number of aromatic nitrogens is 2. The molecule has 0 atom stereocenters. The van der Waals surface area contributed by atoms with E-state index in [4.69, 9.17) is 0 Å². The third-order valence-corrected chi connectivity index (χ3v) is 4.69. The van der Waals surface area contributed by atoms with Crippen molar-refractivity contribution in [1.29, 1.82) is 0 Å². The van der Waals surface area contributed by atoms with Gasteiger partial charge in [0.25, 0.3) is 0 Å². The lowest BCUT2D eigenvalue weighted by Gasteiger charge is -2.25. The van der Waals surface area contributed by atoms with Crippen LogP contribution in [0.5, 0.6) is 0 Å². The third-order valence-electron chi connectivity index (χ3n) is 3.83. The lowest BCUT2D eigenvalue weighted by Crippen LogP contribution is -2.30. The molecule has 2 rings (SSSR count). The fraction of sp³-hybridized carbons (Fsp3) is 0.857. The molecule has 19 heavy (non-hydrogen) atoms. The topological polar surface area (TPSA) is 41.1 Å². The molecule has 1 aliphatic carbocycles. The van der Waals surface area contributed by atoms with E-state index in [9.17, 15) is 0 Å². The van der Waals surface area contributed by atoms with Gasteiger partial charge in [0, 0.05) is 12.6 Å². The van der Waals surface area contributed by atoms with Crippen molar-refractivity contribution in [3.05, 3.63) is 5.01 Å². The smallest absolute Gasteiger partial charge is 0.205 e. The number of hydrogen-bond donors (Lipinski definition) is 1. The summed E-state index contributed by atoms with van der Waals surface area (Å²) in [6.45, 7) is 4.08. The third kappa shape index (κ3) is 4.73. The molecule has 1 heterocycles. The summed E-state index contributed by atoms with van der Waals surface area (Å²) < 4.78 is 0. The molecule has 0 aliphatic heterocycles. The standard InChI is InChI=1S/C14H26N4S/c1-3-10-15-14-17-16-13(19-14)11-18(2)12-8-6-4-5-7-9-12/h12H,3-11H2,1-2H3,(H,15,17). The Balaban J connectivity index is 1.83. The molecule has 1 fully saturated rings. The molecule has 1 aliphatic rings. The van der Waals surface area contributed by atoms with Crippen LogP contribution in [0, 0.1) is 0 Å². The molecule has 0 radical (unpaired) electrons. The van der Waals surface area contributed by atoms with Gasteiger partial charge in [-0.1, -0.05) is 43.9 Å². The molecule has 0 aromatic carbocycles. The Morgan fingerprint density at radius 2 is 1.95 bits per heavy atom. The molecule has 1 aromatic rings. The van der Waals surface area contributed by atoms with Gasteiger partial charge in [-0.05, 0) is 26.3 Å². The Bertz CT molecular complexity index is 358. The summed E-state index contributed by atoms with van der Waals surface area (Å²) in [6.07, 6.45) is 9.40. The van der Waals surface area contributed by atoms with Crippen molar-refractivity contribution < 1.29 is 0 Å². The molecule has 1 saturated carbocycles.